The van der Waals surface area contributed by atoms with E-state index >= 15 is 0 Å². The van der Waals surface area contributed by atoms with E-state index in [-0.39, 0.29) is 0 Å². The number of aromatic nitrogens is 2. The van der Waals surface area contributed by atoms with Gasteiger partial charge >= 0.3 is 5.69 Å². The normalized spacial score (nSPS) is 34.1. The van der Waals surface area contributed by atoms with Crippen LogP contribution in [0.15, 0.2) is 21.9 Å². The van der Waals surface area contributed by atoms with E-state index in [0.29, 0.717) is 13.0 Å². The minimum atomic E-state index is -1.11. The number of ether oxygens (including phenoxy) is 3. The maximum atomic E-state index is 12.3. The quantitative estimate of drug-likeness (QED) is 0.679. The molecule has 0 amide bonds. The molecule has 2 N–H and O–H groups in total. The first-order chi connectivity index (χ1) is 11.0. The second-order valence-corrected chi connectivity index (χ2v) is 5.68. The van der Waals surface area contributed by atoms with Crippen molar-refractivity contribution in [3.63, 3.8) is 0 Å². The molecule has 0 aromatic carbocycles. The fourth-order valence-corrected chi connectivity index (χ4v) is 2.85. The van der Waals surface area contributed by atoms with E-state index in [2.05, 4.69) is 0 Å². The summed E-state index contributed by atoms with van der Waals surface area (Å²) in [6, 6.07) is 1.23. The van der Waals surface area contributed by atoms with E-state index in [1.54, 1.807) is 0 Å². The van der Waals surface area contributed by atoms with Crippen molar-refractivity contribution < 1.29 is 24.4 Å². The molecule has 1 aromatic heterocycles. The fourth-order valence-electron chi connectivity index (χ4n) is 2.85. The molecule has 9 heteroatoms. The fraction of sp³-hybridized carbons (Fsp3) is 0.714. The van der Waals surface area contributed by atoms with E-state index < -0.39 is 48.7 Å². The summed E-state index contributed by atoms with van der Waals surface area (Å²) in [6.07, 6.45) is -1.48. The molecule has 2 aliphatic heterocycles. The maximum absolute atomic E-state index is 12.3. The van der Waals surface area contributed by atoms with Crippen molar-refractivity contribution in [3.05, 3.63) is 33.1 Å². The van der Waals surface area contributed by atoms with Gasteiger partial charge in [0, 0.05) is 32.3 Å². The summed E-state index contributed by atoms with van der Waals surface area (Å²) in [6.45, 7) is 0.159. The van der Waals surface area contributed by atoms with Gasteiger partial charge in [-0.05, 0) is 6.42 Å². The Morgan fingerprint density at radius 2 is 2.22 bits per heavy atom. The molecule has 0 radical (unpaired) electrons. The zero-order chi connectivity index (χ0) is 16.6. The Labute approximate surface area is 131 Å². The van der Waals surface area contributed by atoms with Crippen molar-refractivity contribution in [1.82, 2.24) is 9.13 Å². The van der Waals surface area contributed by atoms with Crippen LogP contribution in [0.2, 0.25) is 0 Å². The third kappa shape index (κ3) is 2.98. The lowest BCUT2D eigenvalue weighted by Crippen LogP contribution is -2.43. The number of hydrogen-bond donors (Lipinski definition) is 2. The lowest BCUT2D eigenvalue weighted by Gasteiger charge is -2.25. The number of aliphatic hydroxyl groups is 2. The van der Waals surface area contributed by atoms with Gasteiger partial charge in [0.2, 0.25) is 0 Å². The van der Waals surface area contributed by atoms with Crippen LogP contribution in [0.5, 0.6) is 0 Å². The van der Waals surface area contributed by atoms with Gasteiger partial charge in [0.25, 0.3) is 5.56 Å². The summed E-state index contributed by atoms with van der Waals surface area (Å²) in [5.41, 5.74) is -1.03. The van der Waals surface area contributed by atoms with Gasteiger partial charge in [-0.2, -0.15) is 0 Å². The van der Waals surface area contributed by atoms with Gasteiger partial charge < -0.3 is 24.4 Å². The minimum absolute atomic E-state index is 0.413. The maximum Gasteiger partial charge on any atom is 0.332 e. The second-order valence-electron chi connectivity index (χ2n) is 5.68. The lowest BCUT2D eigenvalue weighted by molar-refractivity contribution is -0.182. The predicted molar refractivity (Wildman–Crippen MR) is 76.8 cm³/mol. The standard InChI is InChI=1S/C14H20N2O7/c1-15-9(18)4-5-16(14(15)20)13-12(11(19)8(7-17)22-13)23-10-3-2-6-21-10/h4-5,8,10-13,17,19H,2-3,6-7H2,1H3/t8-,10?,11?,12?,13-/m1/s1. The summed E-state index contributed by atoms with van der Waals surface area (Å²) in [5, 5.41) is 19.6. The van der Waals surface area contributed by atoms with Crippen molar-refractivity contribution in [2.45, 2.75) is 43.7 Å². The van der Waals surface area contributed by atoms with E-state index in [1.165, 1.54) is 23.9 Å². The smallest absolute Gasteiger partial charge is 0.332 e. The van der Waals surface area contributed by atoms with Crippen LogP contribution in [-0.4, -0.2) is 57.2 Å². The summed E-state index contributed by atoms with van der Waals surface area (Å²) in [4.78, 5) is 23.8. The number of aliphatic hydroxyl groups excluding tert-OH is 2. The monoisotopic (exact) mass is 328 g/mol. The summed E-state index contributed by atoms with van der Waals surface area (Å²) in [7, 11) is 1.35. The Hall–Kier alpha value is -1.52. The van der Waals surface area contributed by atoms with Gasteiger partial charge in [-0.3, -0.25) is 13.9 Å². The third-order valence-electron chi connectivity index (χ3n) is 4.18. The molecule has 5 atom stereocenters. The summed E-state index contributed by atoms with van der Waals surface area (Å²) in [5.74, 6) is 0. The Morgan fingerprint density at radius 3 is 2.87 bits per heavy atom. The summed E-state index contributed by atoms with van der Waals surface area (Å²) >= 11 is 0. The zero-order valence-corrected chi connectivity index (χ0v) is 12.7. The van der Waals surface area contributed by atoms with Crippen molar-refractivity contribution in [2.75, 3.05) is 13.2 Å². The molecule has 9 nitrogen and oxygen atoms in total. The number of nitrogens with zero attached hydrogens (tertiary/aromatic N) is 2. The average Bonchev–Trinajstić information content (AvgIpc) is 3.15. The van der Waals surface area contributed by atoms with Gasteiger partial charge in [0.15, 0.2) is 12.5 Å². The molecule has 0 spiro atoms. The average molecular weight is 328 g/mol. The summed E-state index contributed by atoms with van der Waals surface area (Å²) < 4.78 is 18.8. The Morgan fingerprint density at radius 1 is 1.43 bits per heavy atom. The Kier molecular flexibility index (Phi) is 4.64. The Balaban J connectivity index is 1.92. The predicted octanol–water partition coefficient (Wildman–Crippen LogP) is -1.68. The molecular weight excluding hydrogens is 308 g/mol. The molecular formula is C14H20N2O7. The molecule has 3 unspecified atom stereocenters. The number of hydrogen-bond acceptors (Lipinski definition) is 7. The molecule has 3 rings (SSSR count). The van der Waals surface area contributed by atoms with Gasteiger partial charge in [0.05, 0.1) is 6.61 Å². The van der Waals surface area contributed by atoms with E-state index in [4.69, 9.17) is 14.2 Å². The molecule has 23 heavy (non-hydrogen) atoms. The third-order valence-corrected chi connectivity index (χ3v) is 4.18. The SMILES string of the molecule is Cn1c(=O)ccn([C@@H]2O[C@H](CO)C(O)C2OC2CCCO2)c1=O. The zero-order valence-electron chi connectivity index (χ0n) is 12.7. The van der Waals surface area contributed by atoms with Crippen LogP contribution < -0.4 is 11.2 Å². The van der Waals surface area contributed by atoms with E-state index in [0.717, 1.165) is 11.0 Å². The van der Waals surface area contributed by atoms with Crippen LogP contribution in [0, 0.1) is 0 Å². The lowest BCUT2D eigenvalue weighted by atomic mass is 10.1. The molecule has 0 bridgehead atoms. The molecule has 3 heterocycles. The molecule has 1 aromatic rings. The van der Waals surface area contributed by atoms with Gasteiger partial charge in [-0.15, -0.1) is 0 Å². The van der Waals surface area contributed by atoms with Crippen LogP contribution in [0.1, 0.15) is 19.1 Å². The molecule has 128 valence electrons. The molecule has 0 saturated carbocycles. The van der Waals surface area contributed by atoms with E-state index in [1.807, 2.05) is 0 Å². The van der Waals surface area contributed by atoms with Gasteiger partial charge in [-0.1, -0.05) is 0 Å². The second kappa shape index (κ2) is 6.54. The molecule has 2 aliphatic rings. The largest absolute Gasteiger partial charge is 0.394 e. The van der Waals surface area contributed by atoms with Crippen molar-refractivity contribution in [3.8, 4) is 0 Å². The Bertz CT molecular complexity index is 664. The van der Waals surface area contributed by atoms with Gasteiger partial charge in [-0.25, -0.2) is 4.79 Å². The van der Waals surface area contributed by atoms with Gasteiger partial charge in [0.1, 0.15) is 18.3 Å². The van der Waals surface area contributed by atoms with Crippen LogP contribution in [0.25, 0.3) is 0 Å². The van der Waals surface area contributed by atoms with Crippen LogP contribution in [0.4, 0.5) is 0 Å². The van der Waals surface area contributed by atoms with Crippen LogP contribution in [-0.2, 0) is 21.3 Å². The highest BCUT2D eigenvalue weighted by atomic mass is 16.7. The molecule has 2 saturated heterocycles. The highest BCUT2D eigenvalue weighted by Gasteiger charge is 2.47. The highest BCUT2D eigenvalue weighted by molar-refractivity contribution is 4.95. The van der Waals surface area contributed by atoms with Crippen LogP contribution >= 0.6 is 0 Å². The minimum Gasteiger partial charge on any atom is -0.394 e. The topological polar surface area (TPSA) is 112 Å². The molecule has 2 fully saturated rings. The van der Waals surface area contributed by atoms with Crippen molar-refractivity contribution >= 4 is 0 Å². The highest BCUT2D eigenvalue weighted by Crippen LogP contribution is 2.33. The molecule has 0 aliphatic carbocycles. The van der Waals surface area contributed by atoms with Crippen molar-refractivity contribution in [2.24, 2.45) is 7.05 Å². The number of rotatable bonds is 4. The van der Waals surface area contributed by atoms with E-state index in [9.17, 15) is 19.8 Å². The first kappa shape index (κ1) is 16.3. The van der Waals surface area contributed by atoms with Crippen LogP contribution in [0.3, 0.4) is 0 Å². The first-order valence-corrected chi connectivity index (χ1v) is 7.52. The van der Waals surface area contributed by atoms with Crippen molar-refractivity contribution in [1.29, 1.82) is 0 Å². The first-order valence-electron chi connectivity index (χ1n) is 7.52.